The van der Waals surface area contributed by atoms with Crippen LogP contribution >= 0.6 is 23.2 Å². The van der Waals surface area contributed by atoms with Crippen molar-refractivity contribution in [2.24, 2.45) is 5.92 Å². The maximum Gasteiger partial charge on any atom is 0.138 e. The summed E-state index contributed by atoms with van der Waals surface area (Å²) < 4.78 is 11.3. The summed E-state index contributed by atoms with van der Waals surface area (Å²) in [7, 11) is 0. The molecule has 0 amide bonds. The van der Waals surface area contributed by atoms with Gasteiger partial charge in [0.25, 0.3) is 0 Å². The third kappa shape index (κ3) is 6.20. The van der Waals surface area contributed by atoms with Gasteiger partial charge in [-0.05, 0) is 36.2 Å². The molecule has 0 aliphatic heterocycles. The molecular weight excluding hydrogens is 333 g/mol. The number of hydrogen-bond donors (Lipinski definition) is 1. The van der Waals surface area contributed by atoms with Gasteiger partial charge in [0.2, 0.25) is 0 Å². The average Bonchev–Trinajstić information content (AvgIpc) is 2.51. The quantitative estimate of drug-likeness (QED) is 0.633. The van der Waals surface area contributed by atoms with E-state index < -0.39 is 0 Å². The standard InChI is InChI=1S/C18H21Cl2NO2/c1-13(2)12-23-16-5-3-4-15(11-16)21-8-9-22-18-7-6-14(19)10-17(18)20/h3-7,10-11,13,21H,8-9,12H2,1-2H3. The maximum absolute atomic E-state index is 6.06. The van der Waals surface area contributed by atoms with Crippen molar-refractivity contribution in [1.29, 1.82) is 0 Å². The molecule has 1 N–H and O–H groups in total. The van der Waals surface area contributed by atoms with Gasteiger partial charge in [0, 0.05) is 23.3 Å². The van der Waals surface area contributed by atoms with E-state index in [0.29, 0.717) is 41.5 Å². The Morgan fingerprint density at radius 3 is 2.61 bits per heavy atom. The van der Waals surface area contributed by atoms with Crippen molar-refractivity contribution in [2.75, 3.05) is 25.1 Å². The summed E-state index contributed by atoms with van der Waals surface area (Å²) in [6.45, 7) is 6.12. The van der Waals surface area contributed by atoms with Gasteiger partial charge in [-0.15, -0.1) is 0 Å². The second-order valence-electron chi connectivity index (χ2n) is 5.58. The van der Waals surface area contributed by atoms with Crippen LogP contribution in [0.2, 0.25) is 10.0 Å². The Hall–Kier alpha value is -1.58. The van der Waals surface area contributed by atoms with Gasteiger partial charge in [0.05, 0.1) is 11.6 Å². The molecule has 0 radical (unpaired) electrons. The van der Waals surface area contributed by atoms with Crippen LogP contribution in [0.1, 0.15) is 13.8 Å². The molecule has 5 heteroatoms. The van der Waals surface area contributed by atoms with Gasteiger partial charge in [0.1, 0.15) is 18.1 Å². The molecule has 23 heavy (non-hydrogen) atoms. The van der Waals surface area contributed by atoms with E-state index in [1.54, 1.807) is 18.2 Å². The Morgan fingerprint density at radius 1 is 1.04 bits per heavy atom. The fraction of sp³-hybridized carbons (Fsp3) is 0.333. The molecule has 0 atom stereocenters. The molecule has 0 unspecified atom stereocenters. The smallest absolute Gasteiger partial charge is 0.138 e. The first-order valence-electron chi connectivity index (χ1n) is 7.59. The minimum absolute atomic E-state index is 0.498. The molecule has 0 aromatic heterocycles. The van der Waals surface area contributed by atoms with Crippen LogP contribution in [0, 0.1) is 5.92 Å². The molecule has 124 valence electrons. The van der Waals surface area contributed by atoms with Crippen LogP contribution in [-0.4, -0.2) is 19.8 Å². The Labute approximate surface area is 147 Å². The zero-order valence-corrected chi connectivity index (χ0v) is 14.8. The van der Waals surface area contributed by atoms with E-state index in [-0.39, 0.29) is 0 Å². The van der Waals surface area contributed by atoms with Crippen molar-refractivity contribution in [3.8, 4) is 11.5 Å². The molecule has 0 saturated heterocycles. The van der Waals surface area contributed by atoms with Gasteiger partial charge in [-0.25, -0.2) is 0 Å². The van der Waals surface area contributed by atoms with Gasteiger partial charge in [-0.3, -0.25) is 0 Å². The predicted molar refractivity (Wildman–Crippen MR) is 97.2 cm³/mol. The summed E-state index contributed by atoms with van der Waals surface area (Å²) >= 11 is 11.9. The van der Waals surface area contributed by atoms with Crippen LogP contribution in [0.25, 0.3) is 0 Å². The molecule has 0 bridgehead atoms. The highest BCUT2D eigenvalue weighted by atomic mass is 35.5. The van der Waals surface area contributed by atoms with Crippen molar-refractivity contribution in [1.82, 2.24) is 0 Å². The Kier molecular flexibility index (Phi) is 6.87. The van der Waals surface area contributed by atoms with Gasteiger partial charge in [-0.2, -0.15) is 0 Å². The first-order chi connectivity index (χ1) is 11.0. The Bertz CT molecular complexity index is 632. The fourth-order valence-corrected chi connectivity index (χ4v) is 2.37. The molecule has 0 saturated carbocycles. The highest BCUT2D eigenvalue weighted by Gasteiger charge is 2.02. The number of ether oxygens (including phenoxy) is 2. The van der Waals surface area contributed by atoms with Crippen LogP contribution < -0.4 is 14.8 Å². The fourth-order valence-electron chi connectivity index (χ4n) is 1.91. The van der Waals surface area contributed by atoms with E-state index in [9.17, 15) is 0 Å². The molecule has 2 aromatic carbocycles. The number of hydrogen-bond acceptors (Lipinski definition) is 3. The molecule has 3 nitrogen and oxygen atoms in total. The topological polar surface area (TPSA) is 30.5 Å². The monoisotopic (exact) mass is 353 g/mol. The van der Waals surface area contributed by atoms with Crippen LogP contribution in [0.15, 0.2) is 42.5 Å². The zero-order chi connectivity index (χ0) is 16.7. The van der Waals surface area contributed by atoms with E-state index in [4.69, 9.17) is 32.7 Å². The van der Waals surface area contributed by atoms with E-state index in [2.05, 4.69) is 19.2 Å². The van der Waals surface area contributed by atoms with Crippen LogP contribution in [0.4, 0.5) is 5.69 Å². The highest BCUT2D eigenvalue weighted by Crippen LogP contribution is 2.27. The van der Waals surface area contributed by atoms with Crippen LogP contribution in [0.5, 0.6) is 11.5 Å². The molecular formula is C18H21Cl2NO2. The van der Waals surface area contributed by atoms with Crippen molar-refractivity contribution < 1.29 is 9.47 Å². The minimum Gasteiger partial charge on any atom is -0.493 e. The van der Waals surface area contributed by atoms with Gasteiger partial charge >= 0.3 is 0 Å². The molecule has 2 aromatic rings. The SMILES string of the molecule is CC(C)COc1cccc(NCCOc2ccc(Cl)cc2Cl)c1. The largest absolute Gasteiger partial charge is 0.493 e. The summed E-state index contributed by atoms with van der Waals surface area (Å²) in [6, 6.07) is 13.1. The van der Waals surface area contributed by atoms with E-state index in [1.807, 2.05) is 24.3 Å². The Balaban J connectivity index is 1.78. The molecule has 0 spiro atoms. The number of halogens is 2. The number of anilines is 1. The molecule has 0 heterocycles. The normalized spacial score (nSPS) is 10.7. The van der Waals surface area contributed by atoms with Crippen molar-refractivity contribution >= 4 is 28.9 Å². The zero-order valence-electron chi connectivity index (χ0n) is 13.3. The first-order valence-corrected chi connectivity index (χ1v) is 8.35. The van der Waals surface area contributed by atoms with Gasteiger partial charge in [0.15, 0.2) is 0 Å². The lowest BCUT2D eigenvalue weighted by Gasteiger charge is -2.12. The number of benzene rings is 2. The summed E-state index contributed by atoms with van der Waals surface area (Å²) in [6.07, 6.45) is 0. The van der Waals surface area contributed by atoms with Gasteiger partial charge in [-0.1, -0.05) is 43.1 Å². The molecule has 0 aliphatic rings. The number of rotatable bonds is 8. The third-order valence-electron chi connectivity index (χ3n) is 3.00. The van der Waals surface area contributed by atoms with Crippen molar-refractivity contribution in [3.05, 3.63) is 52.5 Å². The van der Waals surface area contributed by atoms with Crippen LogP contribution in [0.3, 0.4) is 0 Å². The lowest BCUT2D eigenvalue weighted by atomic mass is 10.2. The average molecular weight is 354 g/mol. The Morgan fingerprint density at radius 2 is 1.87 bits per heavy atom. The molecule has 0 fully saturated rings. The first kappa shape index (κ1) is 17.8. The lowest BCUT2D eigenvalue weighted by molar-refractivity contribution is 0.271. The third-order valence-corrected chi connectivity index (χ3v) is 3.53. The second-order valence-corrected chi connectivity index (χ2v) is 6.43. The predicted octanol–water partition coefficient (Wildman–Crippen LogP) is 5.52. The molecule has 0 aliphatic carbocycles. The minimum atomic E-state index is 0.498. The van der Waals surface area contributed by atoms with E-state index in [0.717, 1.165) is 11.4 Å². The summed E-state index contributed by atoms with van der Waals surface area (Å²) in [5.41, 5.74) is 0.997. The van der Waals surface area contributed by atoms with Crippen molar-refractivity contribution in [2.45, 2.75) is 13.8 Å². The van der Waals surface area contributed by atoms with Crippen LogP contribution in [-0.2, 0) is 0 Å². The second kappa shape index (κ2) is 8.90. The lowest BCUT2D eigenvalue weighted by Crippen LogP contribution is -2.12. The highest BCUT2D eigenvalue weighted by molar-refractivity contribution is 6.35. The summed E-state index contributed by atoms with van der Waals surface area (Å²) in [5.74, 6) is 2.00. The van der Waals surface area contributed by atoms with Gasteiger partial charge < -0.3 is 14.8 Å². The summed E-state index contributed by atoms with van der Waals surface area (Å²) in [5, 5.41) is 4.41. The molecule has 2 rings (SSSR count). The number of nitrogens with one attached hydrogen (secondary N) is 1. The maximum atomic E-state index is 6.06. The van der Waals surface area contributed by atoms with E-state index >= 15 is 0 Å². The summed E-state index contributed by atoms with van der Waals surface area (Å²) in [4.78, 5) is 0. The van der Waals surface area contributed by atoms with E-state index in [1.165, 1.54) is 0 Å². The van der Waals surface area contributed by atoms with Crippen molar-refractivity contribution in [3.63, 3.8) is 0 Å².